The molecule has 0 radical (unpaired) electrons. The van der Waals surface area contributed by atoms with Crippen molar-refractivity contribution in [2.45, 2.75) is 34.1 Å². The molecule has 0 unspecified atom stereocenters. The molecular weight excluding hydrogens is 694 g/mol. The number of benzene rings is 2. The topological polar surface area (TPSA) is 257 Å². The fraction of sp³-hybridized carbons (Fsp3) is 0.222. The lowest BCUT2D eigenvalue weighted by molar-refractivity contribution is -0.135. The molecule has 1 amide bonds. The van der Waals surface area contributed by atoms with Crippen molar-refractivity contribution < 1.29 is 49.1 Å². The summed E-state index contributed by atoms with van der Waals surface area (Å²) < 4.78 is 8.61. The van der Waals surface area contributed by atoms with Crippen LogP contribution in [-0.2, 0) is 26.2 Å². The highest BCUT2D eigenvalue weighted by molar-refractivity contribution is 7.18. The highest BCUT2D eigenvalue weighted by Crippen LogP contribution is 2.41. The molecule has 0 fully saturated rings. The molecule has 16 heteroatoms. The Morgan fingerprint density at radius 1 is 0.923 bits per heavy atom. The van der Waals surface area contributed by atoms with Gasteiger partial charge in [0, 0.05) is 73.1 Å². The molecule has 278 valence electrons. The molecule has 15 nitrogen and oxygen atoms in total. The summed E-state index contributed by atoms with van der Waals surface area (Å²) in [5.74, 6) is -2.50. The van der Waals surface area contributed by atoms with Gasteiger partial charge in [-0.3, -0.25) is 24.0 Å². The minimum absolute atomic E-state index is 0.205. The maximum absolute atomic E-state index is 13.1. The molecular formula is C36H43N5O10S. The Labute approximate surface area is 303 Å². The number of carbonyl (C=O) groups is 5. The Bertz CT molecular complexity index is 1970. The Morgan fingerprint density at radius 3 is 2.04 bits per heavy atom. The number of carboxylic acids is 4. The summed E-state index contributed by atoms with van der Waals surface area (Å²) in [6, 6.07) is 15.5. The van der Waals surface area contributed by atoms with E-state index in [-0.39, 0.29) is 5.91 Å². The number of hydrogen-bond donors (Lipinski definition) is 7. The van der Waals surface area contributed by atoms with E-state index in [9.17, 15) is 4.79 Å². The van der Waals surface area contributed by atoms with Crippen molar-refractivity contribution >= 4 is 79.7 Å². The van der Waals surface area contributed by atoms with Gasteiger partial charge in [-0.1, -0.05) is 36.4 Å². The van der Waals surface area contributed by atoms with Gasteiger partial charge in [-0.15, -0.1) is 11.3 Å². The van der Waals surface area contributed by atoms with E-state index in [1.165, 1.54) is 0 Å². The number of amides is 1. The van der Waals surface area contributed by atoms with Crippen LogP contribution in [0.15, 0.2) is 66.2 Å². The third kappa shape index (κ3) is 14.3. The molecule has 9 N–H and O–H groups in total. The largest absolute Gasteiger partial charge is 0.495 e. The lowest BCUT2D eigenvalue weighted by atomic mass is 10.0. The average molecular weight is 738 g/mol. The predicted octanol–water partition coefficient (Wildman–Crippen LogP) is 6.02. The molecule has 0 aliphatic rings. The number of ether oxygens (including phenoxy) is 1. The number of fused-ring (bicyclic) bond motifs is 2. The SMILES string of the molecule is CC(=O)O.CC(=O)O.CC(=O)O.CC(=O)O.COc1cc(-c2csc3c(/C=C/CCN)cnc(N)c23)ccc1NC(=O)c1cc2ccccc2n1C. The summed E-state index contributed by atoms with van der Waals surface area (Å²) in [7, 11) is 3.48. The van der Waals surface area contributed by atoms with Crippen LogP contribution in [0.2, 0.25) is 0 Å². The van der Waals surface area contributed by atoms with Crippen molar-refractivity contribution in [2.75, 3.05) is 24.7 Å². The Hall–Kier alpha value is -6.26. The van der Waals surface area contributed by atoms with E-state index in [2.05, 4.69) is 15.7 Å². The zero-order valence-corrected chi connectivity index (χ0v) is 30.4. The summed E-state index contributed by atoms with van der Waals surface area (Å²) in [6.45, 7) is 4.93. The highest BCUT2D eigenvalue weighted by atomic mass is 32.1. The van der Waals surface area contributed by atoms with E-state index in [4.69, 9.17) is 55.8 Å². The molecule has 52 heavy (non-hydrogen) atoms. The van der Waals surface area contributed by atoms with Gasteiger partial charge in [0.2, 0.25) is 0 Å². The highest BCUT2D eigenvalue weighted by Gasteiger charge is 2.18. The predicted molar refractivity (Wildman–Crippen MR) is 203 cm³/mol. The van der Waals surface area contributed by atoms with E-state index >= 15 is 0 Å². The van der Waals surface area contributed by atoms with E-state index in [0.717, 1.165) is 71.8 Å². The van der Waals surface area contributed by atoms with Crippen LogP contribution in [0.25, 0.3) is 38.2 Å². The van der Waals surface area contributed by atoms with Crippen LogP contribution in [0.4, 0.5) is 11.5 Å². The summed E-state index contributed by atoms with van der Waals surface area (Å²) >= 11 is 1.62. The third-order valence-corrected chi connectivity index (χ3v) is 7.26. The van der Waals surface area contributed by atoms with Gasteiger partial charge in [0.1, 0.15) is 17.3 Å². The quantitative estimate of drug-likeness (QED) is 0.101. The third-order valence-electron chi connectivity index (χ3n) is 6.23. The smallest absolute Gasteiger partial charge is 0.300 e. The van der Waals surface area contributed by atoms with Crippen LogP contribution in [0.5, 0.6) is 5.75 Å². The number of aryl methyl sites for hydroxylation is 1. The van der Waals surface area contributed by atoms with Crippen LogP contribution in [0.1, 0.15) is 50.2 Å². The molecule has 2 aromatic carbocycles. The minimum Gasteiger partial charge on any atom is -0.495 e. The number of aromatic nitrogens is 2. The standard InChI is InChI=1S/C28H27N5O2S.4C2H4O2/c1-33-22-9-4-3-7-18(22)13-23(33)28(34)32-21-11-10-17(14-24(21)35-2)20-16-36-26-19(8-5-6-12-29)15-31-27(30)25(20)26;4*1-2(3)4/h3-5,7-11,13-16H,6,12,29H2,1-2H3,(H2,30,31)(H,32,34);4*1H3,(H,3,4)/b8-5+;;;;. The Morgan fingerprint density at radius 2 is 1.50 bits per heavy atom. The summed E-state index contributed by atoms with van der Waals surface area (Å²) in [5, 5.41) is 36.7. The molecule has 0 saturated carbocycles. The number of nitrogen functional groups attached to an aromatic ring is 1. The molecule has 0 spiro atoms. The lowest BCUT2D eigenvalue weighted by Crippen LogP contribution is -2.16. The van der Waals surface area contributed by atoms with Crippen LogP contribution in [0.3, 0.4) is 0 Å². The van der Waals surface area contributed by atoms with Gasteiger partial charge < -0.3 is 46.5 Å². The summed E-state index contributed by atoms with van der Waals surface area (Å²) in [6.07, 6.45) is 6.67. The molecule has 0 saturated heterocycles. The van der Waals surface area contributed by atoms with Crippen LogP contribution in [-0.4, -0.2) is 73.4 Å². The number of aliphatic carboxylic acids is 4. The number of pyridine rings is 1. The van der Waals surface area contributed by atoms with Crippen LogP contribution in [0, 0.1) is 0 Å². The molecule has 5 aromatic rings. The normalized spacial score (nSPS) is 9.90. The molecule has 0 aliphatic carbocycles. The van der Waals surface area contributed by atoms with Crippen molar-refractivity contribution in [1.82, 2.24) is 9.55 Å². The number of hydrogen-bond acceptors (Lipinski definition) is 10. The average Bonchev–Trinajstić information content (AvgIpc) is 3.64. The number of thiophene rings is 1. The maximum atomic E-state index is 13.1. The number of para-hydroxylation sites is 1. The van der Waals surface area contributed by atoms with Crippen LogP contribution < -0.4 is 21.5 Å². The van der Waals surface area contributed by atoms with Crippen molar-refractivity contribution in [3.05, 3.63) is 77.4 Å². The molecule has 5 rings (SSSR count). The first-order valence-corrected chi connectivity index (χ1v) is 16.2. The van der Waals surface area contributed by atoms with Gasteiger partial charge in [-0.05, 0) is 48.2 Å². The van der Waals surface area contributed by atoms with Gasteiger partial charge in [-0.2, -0.15) is 0 Å². The minimum atomic E-state index is -0.833. The van der Waals surface area contributed by atoms with Crippen molar-refractivity contribution in [1.29, 1.82) is 0 Å². The van der Waals surface area contributed by atoms with E-state index < -0.39 is 23.9 Å². The second kappa shape index (κ2) is 21.7. The van der Waals surface area contributed by atoms with E-state index in [1.807, 2.05) is 72.3 Å². The molecule has 3 heterocycles. The monoisotopic (exact) mass is 737 g/mol. The lowest BCUT2D eigenvalue weighted by Gasteiger charge is -2.13. The maximum Gasteiger partial charge on any atom is 0.300 e. The van der Waals surface area contributed by atoms with Crippen molar-refractivity contribution in [3.8, 4) is 16.9 Å². The molecule has 0 atom stereocenters. The number of carboxylic acid groups (broad SMARTS) is 4. The Balaban J connectivity index is 0.000000715. The molecule has 3 aromatic heterocycles. The summed E-state index contributed by atoms with van der Waals surface area (Å²) in [5.41, 5.74) is 17.0. The van der Waals surface area contributed by atoms with E-state index in [1.54, 1.807) is 24.6 Å². The number of nitrogens with one attached hydrogen (secondary N) is 1. The van der Waals surface area contributed by atoms with Crippen LogP contribution >= 0.6 is 11.3 Å². The second-order valence-electron chi connectivity index (χ2n) is 10.5. The fourth-order valence-electron chi connectivity index (χ4n) is 4.38. The fourth-order valence-corrected chi connectivity index (χ4v) is 5.46. The first-order chi connectivity index (χ1) is 24.4. The van der Waals surface area contributed by atoms with Gasteiger partial charge in [0.05, 0.1) is 12.8 Å². The Kier molecular flexibility index (Phi) is 18.3. The second-order valence-corrected chi connectivity index (χ2v) is 11.4. The van der Waals surface area contributed by atoms with Gasteiger partial charge in [0.25, 0.3) is 29.8 Å². The zero-order valence-electron chi connectivity index (χ0n) is 29.5. The van der Waals surface area contributed by atoms with Gasteiger partial charge >= 0.3 is 0 Å². The first kappa shape index (κ1) is 43.8. The first-order valence-electron chi connectivity index (χ1n) is 15.3. The van der Waals surface area contributed by atoms with Gasteiger partial charge in [0.15, 0.2) is 0 Å². The summed E-state index contributed by atoms with van der Waals surface area (Å²) in [4.78, 5) is 53.5. The van der Waals surface area contributed by atoms with Crippen molar-refractivity contribution in [2.24, 2.45) is 12.8 Å². The number of nitrogens with zero attached hydrogens (tertiary/aromatic N) is 2. The molecule has 0 bridgehead atoms. The van der Waals surface area contributed by atoms with Crippen molar-refractivity contribution in [3.63, 3.8) is 0 Å². The number of carbonyl (C=O) groups excluding carboxylic acids is 1. The zero-order chi connectivity index (χ0) is 39.5. The number of nitrogens with two attached hydrogens (primary N) is 2. The molecule has 0 aliphatic heterocycles. The number of rotatable bonds is 7. The van der Waals surface area contributed by atoms with E-state index in [0.29, 0.717) is 29.5 Å². The van der Waals surface area contributed by atoms with Gasteiger partial charge in [-0.25, -0.2) is 4.98 Å². The number of methoxy groups -OCH3 is 1. The number of anilines is 2.